The molecule has 4 heteroatoms. The van der Waals surface area contributed by atoms with E-state index in [4.69, 9.17) is 9.47 Å². The van der Waals surface area contributed by atoms with E-state index in [1.165, 1.54) is 51.2 Å². The third-order valence-corrected chi connectivity index (χ3v) is 7.98. The fourth-order valence-electron chi connectivity index (χ4n) is 6.93. The number of rotatable bonds is 8. The maximum atomic E-state index is 11.6. The second-order valence-electron chi connectivity index (χ2n) is 10.3. The molecule has 1 N–H and O–H groups in total. The molecule has 4 aliphatic rings. The molecule has 0 unspecified atom stereocenters. The standard InChI is InChI=1S/C29H34O4/c1-32-28(31)25-8-5-20(6-9-25)3-4-21-7-10-26(27(16-21)33-12-2-11-30)29-17-22-13-23(18-29)15-24(14-22)19-29/h3-10,16,22-24,30H,2,11-15,17-19H2,1H3/b4-3+. The number of esters is 1. The zero-order chi connectivity index (χ0) is 22.8. The fourth-order valence-corrected chi connectivity index (χ4v) is 6.93. The summed E-state index contributed by atoms with van der Waals surface area (Å²) in [6.07, 6.45) is 13.0. The molecule has 2 aromatic rings. The summed E-state index contributed by atoms with van der Waals surface area (Å²) in [5, 5.41) is 9.26. The zero-order valence-electron chi connectivity index (χ0n) is 19.5. The van der Waals surface area contributed by atoms with Gasteiger partial charge in [0.05, 0.1) is 19.3 Å². The predicted octanol–water partition coefficient (Wildman–Crippen LogP) is 5.87. The first kappa shape index (κ1) is 22.2. The van der Waals surface area contributed by atoms with Crippen molar-refractivity contribution in [3.8, 4) is 5.75 Å². The molecule has 0 radical (unpaired) electrons. The minimum Gasteiger partial charge on any atom is -0.493 e. The summed E-state index contributed by atoms with van der Waals surface area (Å²) in [5.41, 5.74) is 4.33. The van der Waals surface area contributed by atoms with E-state index in [1.54, 1.807) is 12.1 Å². The van der Waals surface area contributed by atoms with E-state index in [9.17, 15) is 9.90 Å². The quantitative estimate of drug-likeness (QED) is 0.313. The monoisotopic (exact) mass is 446 g/mol. The average Bonchev–Trinajstić information content (AvgIpc) is 2.82. The molecule has 6 rings (SSSR count). The zero-order valence-corrected chi connectivity index (χ0v) is 19.5. The van der Waals surface area contributed by atoms with Gasteiger partial charge in [0, 0.05) is 18.6 Å². The van der Waals surface area contributed by atoms with Crippen LogP contribution in [0.5, 0.6) is 5.75 Å². The molecule has 4 saturated carbocycles. The van der Waals surface area contributed by atoms with Gasteiger partial charge in [-0.1, -0.05) is 36.4 Å². The van der Waals surface area contributed by atoms with Crippen molar-refractivity contribution in [3.63, 3.8) is 0 Å². The lowest BCUT2D eigenvalue weighted by molar-refractivity contribution is -0.00642. The van der Waals surface area contributed by atoms with Crippen molar-refractivity contribution in [1.82, 2.24) is 0 Å². The number of benzene rings is 2. The van der Waals surface area contributed by atoms with Crippen molar-refractivity contribution >= 4 is 18.1 Å². The summed E-state index contributed by atoms with van der Waals surface area (Å²) >= 11 is 0. The van der Waals surface area contributed by atoms with E-state index in [0.717, 1.165) is 34.6 Å². The molecule has 4 fully saturated rings. The van der Waals surface area contributed by atoms with Crippen molar-refractivity contribution in [1.29, 1.82) is 0 Å². The Morgan fingerprint density at radius 3 is 2.18 bits per heavy atom. The van der Waals surface area contributed by atoms with Crippen LogP contribution in [0.4, 0.5) is 0 Å². The highest BCUT2D eigenvalue weighted by atomic mass is 16.5. The molecule has 0 aromatic heterocycles. The lowest BCUT2D eigenvalue weighted by atomic mass is 9.48. The van der Waals surface area contributed by atoms with E-state index < -0.39 is 0 Å². The van der Waals surface area contributed by atoms with Crippen molar-refractivity contribution in [2.45, 2.75) is 50.4 Å². The number of aliphatic hydroxyl groups is 1. The van der Waals surface area contributed by atoms with Crippen LogP contribution in [0.15, 0.2) is 42.5 Å². The molecular formula is C29H34O4. The van der Waals surface area contributed by atoms with Gasteiger partial charge in [0.1, 0.15) is 5.75 Å². The summed E-state index contributed by atoms with van der Waals surface area (Å²) in [6.45, 7) is 0.686. The Morgan fingerprint density at radius 1 is 0.970 bits per heavy atom. The second-order valence-corrected chi connectivity index (χ2v) is 10.3. The van der Waals surface area contributed by atoms with E-state index in [-0.39, 0.29) is 18.0 Å². The van der Waals surface area contributed by atoms with Crippen LogP contribution in [0.2, 0.25) is 0 Å². The summed E-state index contributed by atoms with van der Waals surface area (Å²) in [7, 11) is 1.39. The van der Waals surface area contributed by atoms with Gasteiger partial charge < -0.3 is 14.6 Å². The van der Waals surface area contributed by atoms with Gasteiger partial charge in [-0.25, -0.2) is 4.79 Å². The molecule has 0 spiro atoms. The Hall–Kier alpha value is -2.59. The van der Waals surface area contributed by atoms with Crippen LogP contribution >= 0.6 is 0 Å². The molecule has 2 aromatic carbocycles. The van der Waals surface area contributed by atoms with Crippen LogP contribution in [0.1, 0.15) is 72.0 Å². The molecule has 0 atom stereocenters. The number of carbonyl (C=O) groups is 1. The van der Waals surface area contributed by atoms with Gasteiger partial charge in [-0.3, -0.25) is 0 Å². The van der Waals surface area contributed by atoms with Gasteiger partial charge in [0.15, 0.2) is 0 Å². The minimum absolute atomic E-state index is 0.147. The normalized spacial score (nSPS) is 27.8. The summed E-state index contributed by atoms with van der Waals surface area (Å²) in [6, 6.07) is 14.1. The smallest absolute Gasteiger partial charge is 0.337 e. The van der Waals surface area contributed by atoms with Gasteiger partial charge >= 0.3 is 5.97 Å². The highest BCUT2D eigenvalue weighted by Crippen LogP contribution is 2.61. The van der Waals surface area contributed by atoms with Crippen LogP contribution in [0, 0.1) is 17.8 Å². The van der Waals surface area contributed by atoms with Crippen LogP contribution in [-0.4, -0.2) is 31.4 Å². The van der Waals surface area contributed by atoms with Crippen molar-refractivity contribution in [2.75, 3.05) is 20.3 Å². The molecule has 0 aliphatic heterocycles. The van der Waals surface area contributed by atoms with Crippen LogP contribution in [-0.2, 0) is 10.2 Å². The molecular weight excluding hydrogens is 412 g/mol. The summed E-state index contributed by atoms with van der Waals surface area (Å²) in [4.78, 5) is 11.6. The molecule has 4 aliphatic carbocycles. The summed E-state index contributed by atoms with van der Waals surface area (Å²) < 4.78 is 11.0. The number of hydrogen-bond donors (Lipinski definition) is 1. The molecule has 4 bridgehead atoms. The van der Waals surface area contributed by atoms with Gasteiger partial charge in [-0.05, 0) is 91.0 Å². The lowest BCUT2D eigenvalue weighted by Gasteiger charge is -2.57. The second kappa shape index (κ2) is 9.34. The van der Waals surface area contributed by atoms with Crippen molar-refractivity contribution < 1.29 is 19.4 Å². The molecule has 0 saturated heterocycles. The highest BCUT2D eigenvalue weighted by molar-refractivity contribution is 5.89. The first-order valence-electron chi connectivity index (χ1n) is 12.3. The fraction of sp³-hybridized carbons (Fsp3) is 0.483. The first-order valence-corrected chi connectivity index (χ1v) is 12.3. The Morgan fingerprint density at radius 2 is 1.58 bits per heavy atom. The van der Waals surface area contributed by atoms with Gasteiger partial charge in [0.2, 0.25) is 0 Å². The topological polar surface area (TPSA) is 55.8 Å². The highest BCUT2D eigenvalue weighted by Gasteiger charge is 2.52. The van der Waals surface area contributed by atoms with Crippen molar-refractivity contribution in [3.05, 3.63) is 64.7 Å². The Bertz CT molecular complexity index is 985. The molecule has 174 valence electrons. The van der Waals surface area contributed by atoms with E-state index >= 15 is 0 Å². The van der Waals surface area contributed by atoms with Crippen LogP contribution in [0.25, 0.3) is 12.2 Å². The molecule has 33 heavy (non-hydrogen) atoms. The van der Waals surface area contributed by atoms with E-state index in [0.29, 0.717) is 18.6 Å². The van der Waals surface area contributed by atoms with E-state index in [2.05, 4.69) is 30.4 Å². The third kappa shape index (κ3) is 4.59. The SMILES string of the molecule is COC(=O)c1ccc(/C=C/c2ccc(C34CC5CC(CC(C5)C3)C4)c(OCCCO)c2)cc1. The number of aliphatic hydroxyl groups excluding tert-OH is 1. The Balaban J connectivity index is 1.40. The Labute approximate surface area is 196 Å². The average molecular weight is 447 g/mol. The minimum atomic E-state index is -0.324. The van der Waals surface area contributed by atoms with Gasteiger partial charge in [-0.15, -0.1) is 0 Å². The third-order valence-electron chi connectivity index (χ3n) is 7.98. The summed E-state index contributed by atoms with van der Waals surface area (Å²) in [5.74, 6) is 3.32. The van der Waals surface area contributed by atoms with E-state index in [1.807, 2.05) is 12.1 Å². The number of hydrogen-bond acceptors (Lipinski definition) is 4. The van der Waals surface area contributed by atoms with Crippen LogP contribution in [0.3, 0.4) is 0 Å². The molecule has 0 amide bonds. The molecule has 4 nitrogen and oxygen atoms in total. The maximum absolute atomic E-state index is 11.6. The maximum Gasteiger partial charge on any atom is 0.337 e. The number of ether oxygens (including phenoxy) is 2. The largest absolute Gasteiger partial charge is 0.493 e. The number of methoxy groups -OCH3 is 1. The molecule has 0 heterocycles. The predicted molar refractivity (Wildman–Crippen MR) is 130 cm³/mol. The lowest BCUT2D eigenvalue weighted by Crippen LogP contribution is -2.48. The first-order chi connectivity index (χ1) is 16.1. The Kier molecular flexibility index (Phi) is 6.29. The number of carbonyl (C=O) groups excluding carboxylic acids is 1. The van der Waals surface area contributed by atoms with Gasteiger partial charge in [-0.2, -0.15) is 0 Å². The van der Waals surface area contributed by atoms with Crippen molar-refractivity contribution in [2.24, 2.45) is 17.8 Å². The van der Waals surface area contributed by atoms with Crippen LogP contribution < -0.4 is 4.74 Å². The van der Waals surface area contributed by atoms with Gasteiger partial charge in [0.25, 0.3) is 0 Å².